The smallest absolute Gasteiger partial charge is 0.303 e. The van der Waals surface area contributed by atoms with Gasteiger partial charge < -0.3 is 10.8 Å². The summed E-state index contributed by atoms with van der Waals surface area (Å²) in [5, 5.41) is 19.4. The number of rotatable bonds is 6. The van der Waals surface area contributed by atoms with E-state index in [-0.39, 0.29) is 6.42 Å². The van der Waals surface area contributed by atoms with E-state index in [1.165, 1.54) is 0 Å². The third-order valence-electron chi connectivity index (χ3n) is 4.85. The minimum absolute atomic E-state index is 0.0371. The van der Waals surface area contributed by atoms with Gasteiger partial charge in [-0.15, -0.1) is 10.2 Å². The number of nitrogens with two attached hydrogens (primary N) is 1. The second-order valence-electron chi connectivity index (χ2n) is 6.88. The van der Waals surface area contributed by atoms with Crippen LogP contribution in [0, 0.1) is 0 Å². The molecule has 0 atom stereocenters. The fourth-order valence-electron chi connectivity index (χ4n) is 3.32. The molecule has 0 amide bonds. The van der Waals surface area contributed by atoms with Crippen LogP contribution in [-0.2, 0) is 11.2 Å². The lowest BCUT2D eigenvalue weighted by atomic mass is 9.98. The van der Waals surface area contributed by atoms with Crippen molar-refractivity contribution in [1.82, 2.24) is 4.98 Å². The van der Waals surface area contributed by atoms with Crippen LogP contribution < -0.4 is 5.73 Å². The fraction of sp³-hybridized carbons (Fsp3) is 0.0833. The Morgan fingerprint density at radius 1 is 0.933 bits per heavy atom. The van der Waals surface area contributed by atoms with Crippen molar-refractivity contribution in [3.8, 4) is 11.3 Å². The van der Waals surface area contributed by atoms with Crippen molar-refractivity contribution < 1.29 is 9.90 Å². The first kappa shape index (κ1) is 19.3. The van der Waals surface area contributed by atoms with Gasteiger partial charge in [0.2, 0.25) is 0 Å². The van der Waals surface area contributed by atoms with E-state index in [0.29, 0.717) is 23.5 Å². The van der Waals surface area contributed by atoms with Crippen molar-refractivity contribution >= 4 is 33.8 Å². The number of hydrogen-bond donors (Lipinski definition) is 2. The Hall–Kier alpha value is -4.06. The lowest BCUT2D eigenvalue weighted by molar-refractivity contribution is -0.136. The number of pyridine rings is 1. The molecular formula is C24H20N4O2. The number of azo groups is 1. The maximum absolute atomic E-state index is 11.0. The highest BCUT2D eigenvalue weighted by molar-refractivity contribution is 6.00. The van der Waals surface area contributed by atoms with Crippen LogP contribution in [0.3, 0.4) is 0 Å². The highest BCUT2D eigenvalue weighted by Gasteiger charge is 2.11. The van der Waals surface area contributed by atoms with E-state index in [9.17, 15) is 4.79 Å². The lowest BCUT2D eigenvalue weighted by Crippen LogP contribution is -1.99. The van der Waals surface area contributed by atoms with E-state index < -0.39 is 5.97 Å². The summed E-state index contributed by atoms with van der Waals surface area (Å²) in [6, 6.07) is 23.1. The number of anilines is 1. The summed E-state index contributed by atoms with van der Waals surface area (Å²) in [5.74, 6) is -0.844. The second-order valence-corrected chi connectivity index (χ2v) is 6.88. The first-order chi connectivity index (χ1) is 14.6. The van der Waals surface area contributed by atoms with E-state index in [1.807, 2.05) is 72.8 Å². The van der Waals surface area contributed by atoms with Crippen LogP contribution in [0.1, 0.15) is 12.0 Å². The summed E-state index contributed by atoms with van der Waals surface area (Å²) in [5.41, 5.74) is 10.7. The zero-order valence-corrected chi connectivity index (χ0v) is 16.2. The zero-order valence-electron chi connectivity index (χ0n) is 16.2. The maximum Gasteiger partial charge on any atom is 0.303 e. The summed E-state index contributed by atoms with van der Waals surface area (Å²) in [6.45, 7) is 0. The number of fused-ring (bicyclic) bond motifs is 1. The number of aryl methyl sites for hydroxylation is 1. The second kappa shape index (κ2) is 8.53. The van der Waals surface area contributed by atoms with Crippen molar-refractivity contribution in [3.63, 3.8) is 0 Å². The monoisotopic (exact) mass is 396 g/mol. The molecule has 1 aromatic heterocycles. The molecule has 0 bridgehead atoms. The summed E-state index contributed by atoms with van der Waals surface area (Å²) in [6.07, 6.45) is 2.09. The minimum Gasteiger partial charge on any atom is -0.481 e. The molecule has 148 valence electrons. The van der Waals surface area contributed by atoms with Crippen LogP contribution in [0.25, 0.3) is 22.0 Å². The van der Waals surface area contributed by atoms with Crippen LogP contribution in [-0.4, -0.2) is 16.1 Å². The van der Waals surface area contributed by atoms with Gasteiger partial charge in [-0.25, -0.2) is 0 Å². The van der Waals surface area contributed by atoms with Crippen LogP contribution >= 0.6 is 0 Å². The molecule has 6 heteroatoms. The molecule has 0 unspecified atom stereocenters. The van der Waals surface area contributed by atoms with Gasteiger partial charge in [-0.1, -0.05) is 54.6 Å². The van der Waals surface area contributed by atoms with Gasteiger partial charge in [0.25, 0.3) is 0 Å². The van der Waals surface area contributed by atoms with Crippen LogP contribution in [0.15, 0.2) is 89.2 Å². The molecular weight excluding hydrogens is 376 g/mol. The molecule has 3 N–H and O–H groups in total. The normalized spacial score (nSPS) is 11.2. The highest BCUT2D eigenvalue weighted by Crippen LogP contribution is 2.35. The Labute approximate surface area is 173 Å². The summed E-state index contributed by atoms with van der Waals surface area (Å²) >= 11 is 0. The quantitative estimate of drug-likeness (QED) is 0.312. The number of carboxylic acid groups (broad SMARTS) is 1. The topological polar surface area (TPSA) is 101 Å². The van der Waals surface area contributed by atoms with E-state index in [4.69, 9.17) is 10.8 Å². The Balaban J connectivity index is 1.65. The van der Waals surface area contributed by atoms with E-state index in [2.05, 4.69) is 15.2 Å². The number of nitrogens with zero attached hydrogens (tertiary/aromatic N) is 3. The molecule has 30 heavy (non-hydrogen) atoms. The predicted octanol–water partition coefficient (Wildman–Crippen LogP) is 5.92. The van der Waals surface area contributed by atoms with Crippen LogP contribution in [0.2, 0.25) is 0 Å². The van der Waals surface area contributed by atoms with Gasteiger partial charge in [-0.3, -0.25) is 9.78 Å². The average molecular weight is 396 g/mol. The van der Waals surface area contributed by atoms with Crippen LogP contribution in [0.4, 0.5) is 17.1 Å². The van der Waals surface area contributed by atoms with Crippen molar-refractivity contribution in [2.75, 3.05) is 5.73 Å². The van der Waals surface area contributed by atoms with Gasteiger partial charge in [0.1, 0.15) is 11.4 Å². The Morgan fingerprint density at radius 2 is 1.67 bits per heavy atom. The number of aliphatic carboxylic acids is 1. The predicted molar refractivity (Wildman–Crippen MR) is 118 cm³/mol. The number of benzene rings is 3. The van der Waals surface area contributed by atoms with Gasteiger partial charge in [0.05, 0.1) is 17.6 Å². The zero-order chi connectivity index (χ0) is 20.9. The standard InChI is InChI=1S/C24H20N4O2/c25-24-20-9-5-4-8-19(20)17(10-13-23(29)30)14-22(24)28-27-18-11-12-21(26-15-18)16-6-2-1-3-7-16/h1-9,11-12,14-15H,10,13,25H2,(H,29,30). The number of nitrogen functional groups attached to an aromatic ring is 1. The molecule has 6 nitrogen and oxygen atoms in total. The molecule has 3 aromatic carbocycles. The highest BCUT2D eigenvalue weighted by atomic mass is 16.4. The largest absolute Gasteiger partial charge is 0.481 e. The molecule has 0 saturated heterocycles. The minimum atomic E-state index is -0.844. The Bertz CT molecular complexity index is 1220. The maximum atomic E-state index is 11.0. The first-order valence-electron chi connectivity index (χ1n) is 9.57. The van der Waals surface area contributed by atoms with Crippen molar-refractivity contribution in [2.45, 2.75) is 12.8 Å². The Morgan fingerprint density at radius 3 is 2.37 bits per heavy atom. The van der Waals surface area contributed by atoms with E-state index in [0.717, 1.165) is 27.6 Å². The van der Waals surface area contributed by atoms with Crippen molar-refractivity contribution in [1.29, 1.82) is 0 Å². The SMILES string of the molecule is Nc1c(N=Nc2ccc(-c3ccccc3)nc2)cc(CCC(=O)O)c2ccccc12. The van der Waals surface area contributed by atoms with E-state index in [1.54, 1.807) is 6.20 Å². The van der Waals surface area contributed by atoms with Gasteiger partial charge in [-0.2, -0.15) is 0 Å². The molecule has 0 saturated carbocycles. The van der Waals surface area contributed by atoms with Crippen molar-refractivity contribution in [2.24, 2.45) is 10.2 Å². The fourth-order valence-corrected chi connectivity index (χ4v) is 3.32. The summed E-state index contributed by atoms with van der Waals surface area (Å²) in [7, 11) is 0. The molecule has 0 fully saturated rings. The molecule has 1 heterocycles. The summed E-state index contributed by atoms with van der Waals surface area (Å²) in [4.78, 5) is 15.5. The first-order valence-corrected chi connectivity index (χ1v) is 9.57. The number of hydrogen-bond acceptors (Lipinski definition) is 5. The van der Waals surface area contributed by atoms with Gasteiger partial charge in [-0.05, 0) is 35.6 Å². The third-order valence-corrected chi connectivity index (χ3v) is 4.85. The van der Waals surface area contributed by atoms with Gasteiger partial charge in [0, 0.05) is 17.4 Å². The Kier molecular flexibility index (Phi) is 5.48. The van der Waals surface area contributed by atoms with Gasteiger partial charge >= 0.3 is 5.97 Å². The molecule has 0 aliphatic carbocycles. The number of carboxylic acids is 1. The lowest BCUT2D eigenvalue weighted by Gasteiger charge is -2.10. The molecule has 4 rings (SSSR count). The van der Waals surface area contributed by atoms with Crippen LogP contribution in [0.5, 0.6) is 0 Å². The average Bonchev–Trinajstić information content (AvgIpc) is 2.79. The van der Waals surface area contributed by atoms with Gasteiger partial charge in [0.15, 0.2) is 0 Å². The number of carbonyl (C=O) groups is 1. The molecule has 0 aliphatic heterocycles. The molecule has 0 aliphatic rings. The molecule has 4 aromatic rings. The summed E-state index contributed by atoms with van der Waals surface area (Å²) < 4.78 is 0. The van der Waals surface area contributed by atoms with E-state index >= 15 is 0 Å². The number of aromatic nitrogens is 1. The molecule has 0 radical (unpaired) electrons. The molecule has 0 spiro atoms. The van der Waals surface area contributed by atoms with Crippen molar-refractivity contribution in [3.05, 3.63) is 84.6 Å². The third kappa shape index (κ3) is 4.17.